The smallest absolute Gasteiger partial charge is 0.325 e. The number of carboxylic acids is 1. The average molecular weight is 252 g/mol. The molecule has 0 aliphatic rings. The first kappa shape index (κ1) is 13.1. The average Bonchev–Trinajstić information content (AvgIpc) is 2.29. The summed E-state index contributed by atoms with van der Waals surface area (Å²) in [5, 5.41) is 13.5. The molecule has 0 heterocycles. The molecule has 3 N–H and O–H groups in total. The predicted octanol–water partition coefficient (Wildman–Crippen LogP) is 0.764. The number of thiocarbonyl (C=S) groups is 1. The fourth-order valence-corrected chi connectivity index (χ4v) is 1.33. The summed E-state index contributed by atoms with van der Waals surface area (Å²) < 4.78 is 0. The van der Waals surface area contributed by atoms with E-state index in [9.17, 15) is 9.59 Å². The normalized spacial score (nSPS) is 11.4. The van der Waals surface area contributed by atoms with Crippen molar-refractivity contribution in [3.63, 3.8) is 0 Å². The lowest BCUT2D eigenvalue weighted by Gasteiger charge is -2.12. The number of hydrogen-bond donors (Lipinski definition) is 3. The highest BCUT2D eigenvalue weighted by atomic mass is 32.1. The van der Waals surface area contributed by atoms with E-state index in [1.165, 1.54) is 6.92 Å². The molecule has 0 aromatic heterocycles. The Morgan fingerprint density at radius 1 is 1.29 bits per heavy atom. The van der Waals surface area contributed by atoms with Crippen LogP contribution in [0.2, 0.25) is 0 Å². The van der Waals surface area contributed by atoms with Crippen molar-refractivity contribution >= 4 is 29.2 Å². The number of amides is 1. The number of carboxylic acid groups (broad SMARTS) is 1. The van der Waals surface area contributed by atoms with E-state index >= 15 is 0 Å². The van der Waals surface area contributed by atoms with E-state index in [4.69, 9.17) is 17.3 Å². The third kappa shape index (κ3) is 4.20. The Bertz CT molecular complexity index is 434. The molecule has 1 aromatic carbocycles. The SMILES string of the molecule is CC(NC(=S)NC(=O)c1ccccc1)C(=O)O. The van der Waals surface area contributed by atoms with Gasteiger partial charge in [0.2, 0.25) is 0 Å². The summed E-state index contributed by atoms with van der Waals surface area (Å²) in [5.74, 6) is -1.41. The lowest BCUT2D eigenvalue weighted by molar-refractivity contribution is -0.138. The molecule has 0 aliphatic carbocycles. The minimum atomic E-state index is -1.04. The van der Waals surface area contributed by atoms with Crippen molar-refractivity contribution in [3.05, 3.63) is 35.9 Å². The van der Waals surface area contributed by atoms with Gasteiger partial charge in [0.05, 0.1) is 0 Å². The fraction of sp³-hybridized carbons (Fsp3) is 0.182. The number of aliphatic carboxylic acids is 1. The van der Waals surface area contributed by atoms with Gasteiger partial charge in [-0.2, -0.15) is 0 Å². The first-order chi connectivity index (χ1) is 8.00. The Kier molecular flexibility index (Phi) is 4.59. The second kappa shape index (κ2) is 5.95. The molecule has 0 fully saturated rings. The number of benzene rings is 1. The lowest BCUT2D eigenvalue weighted by Crippen LogP contribution is -2.46. The molecule has 1 atom stereocenters. The maximum Gasteiger partial charge on any atom is 0.325 e. The molecule has 17 heavy (non-hydrogen) atoms. The van der Waals surface area contributed by atoms with Crippen LogP contribution < -0.4 is 10.6 Å². The Labute approximate surface area is 104 Å². The highest BCUT2D eigenvalue weighted by molar-refractivity contribution is 7.80. The third-order valence-corrected chi connectivity index (χ3v) is 2.20. The van der Waals surface area contributed by atoms with Gasteiger partial charge in [0.1, 0.15) is 6.04 Å². The van der Waals surface area contributed by atoms with Crippen LogP contribution in [0.15, 0.2) is 30.3 Å². The summed E-state index contributed by atoms with van der Waals surface area (Å²) in [4.78, 5) is 22.2. The number of rotatable bonds is 3. The number of nitrogens with one attached hydrogen (secondary N) is 2. The van der Waals surface area contributed by atoms with Gasteiger partial charge in [-0.15, -0.1) is 0 Å². The van der Waals surface area contributed by atoms with Gasteiger partial charge in [0, 0.05) is 5.56 Å². The van der Waals surface area contributed by atoms with Gasteiger partial charge in [0.25, 0.3) is 5.91 Å². The fourth-order valence-electron chi connectivity index (χ4n) is 1.06. The number of carbonyl (C=O) groups is 2. The topological polar surface area (TPSA) is 78.4 Å². The Hall–Kier alpha value is -1.95. The molecule has 0 bridgehead atoms. The molecular weight excluding hydrogens is 240 g/mol. The van der Waals surface area contributed by atoms with Crippen LogP contribution in [-0.2, 0) is 4.79 Å². The lowest BCUT2D eigenvalue weighted by atomic mass is 10.2. The summed E-state index contributed by atoms with van der Waals surface area (Å²) in [5.41, 5.74) is 0.458. The molecule has 1 unspecified atom stereocenters. The van der Waals surface area contributed by atoms with E-state index in [1.54, 1.807) is 30.3 Å². The highest BCUT2D eigenvalue weighted by Gasteiger charge is 2.13. The van der Waals surface area contributed by atoms with Crippen molar-refractivity contribution in [2.75, 3.05) is 0 Å². The zero-order chi connectivity index (χ0) is 12.8. The summed E-state index contributed by atoms with van der Waals surface area (Å²) in [6, 6.07) is 7.67. The first-order valence-electron chi connectivity index (χ1n) is 4.90. The van der Waals surface area contributed by atoms with Crippen molar-refractivity contribution in [1.82, 2.24) is 10.6 Å². The highest BCUT2D eigenvalue weighted by Crippen LogP contribution is 1.97. The van der Waals surface area contributed by atoms with Gasteiger partial charge in [-0.3, -0.25) is 14.9 Å². The molecule has 0 saturated carbocycles. The van der Waals surface area contributed by atoms with Crippen molar-refractivity contribution in [2.45, 2.75) is 13.0 Å². The van der Waals surface area contributed by atoms with Crippen molar-refractivity contribution in [1.29, 1.82) is 0 Å². The molecule has 0 saturated heterocycles. The van der Waals surface area contributed by atoms with Gasteiger partial charge >= 0.3 is 5.97 Å². The maximum atomic E-state index is 11.6. The van der Waals surface area contributed by atoms with Crippen LogP contribution >= 0.6 is 12.2 Å². The molecule has 0 spiro atoms. The predicted molar refractivity (Wildman–Crippen MR) is 66.7 cm³/mol. The van der Waals surface area contributed by atoms with E-state index in [-0.39, 0.29) is 11.0 Å². The molecule has 1 aromatic rings. The molecule has 1 rings (SSSR count). The Morgan fingerprint density at radius 3 is 2.41 bits per heavy atom. The van der Waals surface area contributed by atoms with Crippen LogP contribution in [0, 0.1) is 0 Å². The van der Waals surface area contributed by atoms with E-state index in [0.29, 0.717) is 5.56 Å². The minimum absolute atomic E-state index is 0.00578. The maximum absolute atomic E-state index is 11.6. The van der Waals surface area contributed by atoms with Crippen LogP contribution in [0.1, 0.15) is 17.3 Å². The first-order valence-corrected chi connectivity index (χ1v) is 5.31. The van der Waals surface area contributed by atoms with Crippen LogP contribution in [0.25, 0.3) is 0 Å². The quantitative estimate of drug-likeness (QED) is 0.692. The van der Waals surface area contributed by atoms with Crippen LogP contribution in [0.5, 0.6) is 0 Å². The van der Waals surface area contributed by atoms with Gasteiger partial charge in [-0.1, -0.05) is 18.2 Å². The standard InChI is InChI=1S/C11H12N2O3S/c1-7(10(15)16)12-11(17)13-9(14)8-5-3-2-4-6-8/h2-7H,1H3,(H,15,16)(H2,12,13,14,17). The molecule has 90 valence electrons. The van der Waals surface area contributed by atoms with E-state index < -0.39 is 12.0 Å². The van der Waals surface area contributed by atoms with E-state index in [1.807, 2.05) is 0 Å². The molecular formula is C11H12N2O3S. The van der Waals surface area contributed by atoms with Crippen molar-refractivity contribution < 1.29 is 14.7 Å². The third-order valence-electron chi connectivity index (χ3n) is 1.98. The molecule has 0 aliphatic heterocycles. The summed E-state index contributed by atoms with van der Waals surface area (Å²) >= 11 is 4.82. The van der Waals surface area contributed by atoms with Gasteiger partial charge in [-0.25, -0.2) is 0 Å². The second-order valence-electron chi connectivity index (χ2n) is 3.35. The zero-order valence-corrected chi connectivity index (χ0v) is 9.95. The van der Waals surface area contributed by atoms with Crippen molar-refractivity contribution in [2.24, 2.45) is 0 Å². The zero-order valence-electron chi connectivity index (χ0n) is 9.14. The summed E-state index contributed by atoms with van der Waals surface area (Å²) in [6.45, 7) is 1.43. The molecule has 5 nitrogen and oxygen atoms in total. The van der Waals surface area contributed by atoms with Crippen LogP contribution in [0.4, 0.5) is 0 Å². The van der Waals surface area contributed by atoms with Crippen molar-refractivity contribution in [3.8, 4) is 0 Å². The largest absolute Gasteiger partial charge is 0.480 e. The summed E-state index contributed by atoms with van der Waals surface area (Å²) in [7, 11) is 0. The Morgan fingerprint density at radius 2 is 1.88 bits per heavy atom. The van der Waals surface area contributed by atoms with Crippen LogP contribution in [-0.4, -0.2) is 28.1 Å². The number of carbonyl (C=O) groups excluding carboxylic acids is 1. The monoisotopic (exact) mass is 252 g/mol. The van der Waals surface area contributed by atoms with Gasteiger partial charge in [0.15, 0.2) is 5.11 Å². The number of hydrogen-bond acceptors (Lipinski definition) is 3. The Balaban J connectivity index is 2.53. The molecule has 0 radical (unpaired) electrons. The minimum Gasteiger partial charge on any atom is -0.480 e. The van der Waals surface area contributed by atoms with Crippen LogP contribution in [0.3, 0.4) is 0 Å². The molecule has 1 amide bonds. The molecule has 6 heteroatoms. The van der Waals surface area contributed by atoms with Gasteiger partial charge in [-0.05, 0) is 31.3 Å². The second-order valence-corrected chi connectivity index (χ2v) is 3.76. The van der Waals surface area contributed by atoms with Gasteiger partial charge < -0.3 is 10.4 Å². The van der Waals surface area contributed by atoms with E-state index in [2.05, 4.69) is 10.6 Å². The summed E-state index contributed by atoms with van der Waals surface area (Å²) in [6.07, 6.45) is 0. The van der Waals surface area contributed by atoms with E-state index in [0.717, 1.165) is 0 Å².